The van der Waals surface area contributed by atoms with Crippen LogP contribution in [0.3, 0.4) is 0 Å². The van der Waals surface area contributed by atoms with E-state index in [-0.39, 0.29) is 0 Å². The van der Waals surface area contributed by atoms with E-state index in [1.165, 1.54) is 93.1 Å². The predicted octanol–water partition coefficient (Wildman–Crippen LogP) is 11.1. The Kier molecular flexibility index (Phi) is 5.82. The molecule has 1 unspecified atom stereocenters. The lowest BCUT2D eigenvalue weighted by Gasteiger charge is -2.50. The van der Waals surface area contributed by atoms with Gasteiger partial charge in [0, 0.05) is 10.8 Å². The zero-order valence-electron chi connectivity index (χ0n) is 28.7. The lowest BCUT2D eigenvalue weighted by atomic mass is 9.62. The van der Waals surface area contributed by atoms with Crippen LogP contribution in [0.5, 0.6) is 0 Å². The number of rotatable bonds is 2. The van der Waals surface area contributed by atoms with Crippen LogP contribution < -0.4 is 10.4 Å². The maximum Gasteiger partial charge on any atom is 0.113 e. The average molecular weight is 666 g/mol. The molecule has 11 rings (SSSR count). The van der Waals surface area contributed by atoms with E-state index >= 15 is 0 Å². The molecule has 8 aromatic carbocycles. The summed E-state index contributed by atoms with van der Waals surface area (Å²) < 4.78 is 2.54. The molecule has 0 aliphatic carbocycles. The van der Waals surface area contributed by atoms with Gasteiger partial charge in [-0.1, -0.05) is 177 Å². The third-order valence-electron chi connectivity index (χ3n) is 12.0. The zero-order valence-corrected chi connectivity index (χ0v) is 29.7. The molecule has 0 saturated carbocycles. The summed E-state index contributed by atoms with van der Waals surface area (Å²) in [4.78, 5) is 0. The van der Waals surface area contributed by atoms with Crippen molar-refractivity contribution >= 4 is 51.0 Å². The van der Waals surface area contributed by atoms with E-state index in [4.69, 9.17) is 0 Å². The SMILES string of the molecule is C[Si]1(C)c2ccccc2C2(c3ccccc3-n3c4ccccc4c4cccc2c43)c2cccc(-c3ccc(-c4cccc5ccccc45)cc3)c21. The minimum absolute atomic E-state index is 0.464. The van der Waals surface area contributed by atoms with E-state index in [1.54, 1.807) is 0 Å². The van der Waals surface area contributed by atoms with E-state index in [9.17, 15) is 0 Å². The quantitative estimate of drug-likeness (QED) is 0.162. The van der Waals surface area contributed by atoms with Crippen molar-refractivity contribution in [1.29, 1.82) is 0 Å². The average Bonchev–Trinajstić information content (AvgIpc) is 3.53. The van der Waals surface area contributed by atoms with E-state index in [1.807, 2.05) is 0 Å². The molecule has 0 saturated heterocycles. The molecule has 2 aliphatic rings. The van der Waals surface area contributed by atoms with E-state index in [0.29, 0.717) is 0 Å². The molecule has 240 valence electrons. The molecule has 0 fully saturated rings. The second-order valence-electron chi connectivity index (χ2n) is 14.8. The molecule has 0 radical (unpaired) electrons. The van der Waals surface area contributed by atoms with Gasteiger partial charge in [-0.05, 0) is 77.8 Å². The summed E-state index contributed by atoms with van der Waals surface area (Å²) in [5, 5.41) is 8.25. The summed E-state index contributed by atoms with van der Waals surface area (Å²) in [7, 11) is -2.22. The van der Waals surface area contributed by atoms with Crippen LogP contribution in [0.1, 0.15) is 22.3 Å². The molecule has 1 atom stereocenters. The molecule has 2 heteroatoms. The summed E-state index contributed by atoms with van der Waals surface area (Å²) in [5.41, 5.74) is 14.2. The highest BCUT2D eigenvalue weighted by Gasteiger charge is 2.53. The molecule has 3 heterocycles. The van der Waals surface area contributed by atoms with Gasteiger partial charge in [-0.2, -0.15) is 0 Å². The first-order chi connectivity index (χ1) is 25.1. The summed E-state index contributed by atoms with van der Waals surface area (Å²) in [6.07, 6.45) is 0. The van der Waals surface area contributed by atoms with Crippen LogP contribution in [0.2, 0.25) is 13.1 Å². The van der Waals surface area contributed by atoms with Crippen molar-refractivity contribution < 1.29 is 0 Å². The van der Waals surface area contributed by atoms with Gasteiger partial charge in [0.15, 0.2) is 0 Å². The Hall–Kier alpha value is -5.96. The molecule has 0 amide bonds. The number of aromatic nitrogens is 1. The smallest absolute Gasteiger partial charge is 0.113 e. The number of hydrogen-bond acceptors (Lipinski definition) is 0. The Morgan fingerprint density at radius 2 is 1.00 bits per heavy atom. The third kappa shape index (κ3) is 3.65. The van der Waals surface area contributed by atoms with Gasteiger partial charge in [-0.25, -0.2) is 0 Å². The second-order valence-corrected chi connectivity index (χ2v) is 19.1. The predicted molar refractivity (Wildman–Crippen MR) is 218 cm³/mol. The van der Waals surface area contributed by atoms with Gasteiger partial charge < -0.3 is 4.57 Å². The van der Waals surface area contributed by atoms with Crippen molar-refractivity contribution in [3.05, 3.63) is 198 Å². The molecule has 1 nitrogen and oxygen atoms in total. The molecule has 1 aromatic heterocycles. The molecule has 0 bridgehead atoms. The summed E-state index contributed by atoms with van der Waals surface area (Å²) in [6, 6.07) is 66.4. The van der Waals surface area contributed by atoms with Crippen molar-refractivity contribution in [3.8, 4) is 27.9 Å². The monoisotopic (exact) mass is 665 g/mol. The molecular formula is C49H35NSi. The van der Waals surface area contributed by atoms with Crippen LogP contribution in [0.25, 0.3) is 60.5 Å². The highest BCUT2D eigenvalue weighted by molar-refractivity contribution is 7.02. The molecular weight excluding hydrogens is 631 g/mol. The third-order valence-corrected chi connectivity index (χ3v) is 15.6. The van der Waals surface area contributed by atoms with Gasteiger partial charge in [-0.15, -0.1) is 0 Å². The highest BCUT2D eigenvalue weighted by Crippen LogP contribution is 2.55. The lowest BCUT2D eigenvalue weighted by molar-refractivity contribution is 0.732. The Morgan fingerprint density at radius 3 is 1.86 bits per heavy atom. The molecule has 1 spiro atoms. The topological polar surface area (TPSA) is 4.93 Å². The van der Waals surface area contributed by atoms with Crippen molar-refractivity contribution in [2.75, 3.05) is 0 Å². The fourth-order valence-corrected chi connectivity index (χ4v) is 13.6. The molecule has 51 heavy (non-hydrogen) atoms. The standard InChI is InChI=1S/C49H35NSi/c1-51(2)46-27-10-7-22-41(46)49(40-21-6-9-26-45(40)50-44-25-8-5-17-38(44)39-20-13-23-42(49)47(39)50)43-24-12-19-37(48(43)51)34-30-28-33(29-31-34)36-18-11-15-32-14-3-4-16-35(32)36/h3-31H,1-2H3. The number of hydrogen-bond donors (Lipinski definition) is 0. The van der Waals surface area contributed by atoms with Gasteiger partial charge >= 0.3 is 0 Å². The Morgan fingerprint density at radius 1 is 0.431 bits per heavy atom. The number of fused-ring (bicyclic) bond motifs is 12. The van der Waals surface area contributed by atoms with Crippen molar-refractivity contribution in [2.45, 2.75) is 18.5 Å². The van der Waals surface area contributed by atoms with E-state index in [0.717, 1.165) is 0 Å². The van der Waals surface area contributed by atoms with E-state index in [2.05, 4.69) is 194 Å². The van der Waals surface area contributed by atoms with Crippen LogP contribution in [-0.4, -0.2) is 12.6 Å². The Balaban J connectivity index is 1.23. The summed E-state index contributed by atoms with van der Waals surface area (Å²) in [6.45, 7) is 5.13. The number of benzene rings is 8. The lowest BCUT2D eigenvalue weighted by Crippen LogP contribution is -2.64. The van der Waals surface area contributed by atoms with Gasteiger partial charge in [-0.3, -0.25) is 0 Å². The minimum Gasteiger partial charge on any atom is -0.309 e. The molecule has 0 N–H and O–H groups in total. The molecule has 2 aliphatic heterocycles. The first-order valence-corrected chi connectivity index (χ1v) is 21.0. The first kappa shape index (κ1) is 28.8. The zero-order chi connectivity index (χ0) is 33.9. The maximum atomic E-state index is 2.57. The highest BCUT2D eigenvalue weighted by atomic mass is 28.3. The van der Waals surface area contributed by atoms with Gasteiger partial charge in [0.05, 0.1) is 22.1 Å². The maximum absolute atomic E-state index is 2.57. The van der Waals surface area contributed by atoms with Crippen molar-refractivity contribution in [3.63, 3.8) is 0 Å². The van der Waals surface area contributed by atoms with Crippen molar-refractivity contribution in [1.82, 2.24) is 4.57 Å². The first-order valence-electron chi connectivity index (χ1n) is 18.0. The van der Waals surface area contributed by atoms with Crippen LogP contribution in [-0.2, 0) is 5.41 Å². The Labute approximate surface area is 299 Å². The van der Waals surface area contributed by atoms with Gasteiger partial charge in [0.1, 0.15) is 8.07 Å². The van der Waals surface area contributed by atoms with Crippen LogP contribution in [0.4, 0.5) is 0 Å². The van der Waals surface area contributed by atoms with E-state index < -0.39 is 13.5 Å². The second kappa shape index (κ2) is 10.3. The fourth-order valence-electron chi connectivity index (χ4n) is 10.0. The van der Waals surface area contributed by atoms with Gasteiger partial charge in [0.25, 0.3) is 0 Å². The fraction of sp³-hybridized carbons (Fsp3) is 0.0612. The summed E-state index contributed by atoms with van der Waals surface area (Å²) in [5.74, 6) is 0. The van der Waals surface area contributed by atoms with Crippen molar-refractivity contribution in [2.24, 2.45) is 0 Å². The Bertz CT molecular complexity index is 2890. The molecule has 9 aromatic rings. The number of nitrogens with zero attached hydrogens (tertiary/aromatic N) is 1. The van der Waals surface area contributed by atoms with Crippen LogP contribution in [0.15, 0.2) is 176 Å². The van der Waals surface area contributed by atoms with Crippen LogP contribution in [0, 0.1) is 0 Å². The normalized spacial score (nSPS) is 16.7. The summed E-state index contributed by atoms with van der Waals surface area (Å²) >= 11 is 0. The minimum atomic E-state index is -2.22. The van der Waals surface area contributed by atoms with Crippen LogP contribution >= 0.6 is 0 Å². The largest absolute Gasteiger partial charge is 0.309 e. The van der Waals surface area contributed by atoms with Gasteiger partial charge in [0.2, 0.25) is 0 Å². The number of para-hydroxylation sites is 3.